The minimum Gasteiger partial charge on any atom is -0.303 e. The fourth-order valence-electron chi connectivity index (χ4n) is 4.09. The molecule has 4 heteroatoms. The standard InChI is InChI=1S/C24H35N3O/c1-3-21-17-25-27(18-21)19-23-12-15-26(16-13-23)14-6-4-5-7-22-8-10-24(11-9-22)20(2)28/h8-11,17-18,23H,3-7,12-16,19H2,1-2H3. The van der Waals surface area contributed by atoms with E-state index in [1.165, 1.54) is 62.9 Å². The number of carbonyl (C=O) groups is 1. The van der Waals surface area contributed by atoms with E-state index in [1.807, 2.05) is 18.3 Å². The molecule has 1 aromatic heterocycles. The van der Waals surface area contributed by atoms with Gasteiger partial charge in [-0.15, -0.1) is 0 Å². The van der Waals surface area contributed by atoms with E-state index in [-0.39, 0.29) is 5.78 Å². The minimum absolute atomic E-state index is 0.144. The van der Waals surface area contributed by atoms with Gasteiger partial charge >= 0.3 is 0 Å². The highest BCUT2D eigenvalue weighted by molar-refractivity contribution is 5.93. The number of nitrogens with zero attached hydrogens (tertiary/aromatic N) is 3. The van der Waals surface area contributed by atoms with Gasteiger partial charge in [0.2, 0.25) is 0 Å². The molecule has 0 N–H and O–H groups in total. The van der Waals surface area contributed by atoms with Gasteiger partial charge in [-0.05, 0) is 82.1 Å². The largest absolute Gasteiger partial charge is 0.303 e. The summed E-state index contributed by atoms with van der Waals surface area (Å²) in [6, 6.07) is 8.11. The number of aryl methyl sites for hydroxylation is 2. The Kier molecular flexibility index (Phi) is 7.84. The van der Waals surface area contributed by atoms with Crippen molar-refractivity contribution in [3.8, 4) is 0 Å². The summed E-state index contributed by atoms with van der Waals surface area (Å²) in [5.74, 6) is 0.921. The first kappa shape index (κ1) is 20.8. The number of rotatable bonds is 10. The van der Waals surface area contributed by atoms with E-state index in [0.29, 0.717) is 0 Å². The smallest absolute Gasteiger partial charge is 0.159 e. The predicted octanol–water partition coefficient (Wildman–Crippen LogP) is 4.77. The van der Waals surface area contributed by atoms with Crippen molar-refractivity contribution in [2.24, 2.45) is 5.92 Å². The van der Waals surface area contributed by atoms with Gasteiger partial charge in [-0.1, -0.05) is 37.6 Å². The maximum atomic E-state index is 11.3. The zero-order valence-corrected chi connectivity index (χ0v) is 17.6. The van der Waals surface area contributed by atoms with Crippen LogP contribution in [0.15, 0.2) is 36.7 Å². The lowest BCUT2D eigenvalue weighted by molar-refractivity contribution is 0.101. The number of benzene rings is 1. The topological polar surface area (TPSA) is 38.1 Å². The predicted molar refractivity (Wildman–Crippen MR) is 115 cm³/mol. The first-order chi connectivity index (χ1) is 13.6. The third kappa shape index (κ3) is 6.30. The molecule has 152 valence electrons. The number of piperidine rings is 1. The molecular formula is C24H35N3O. The molecule has 28 heavy (non-hydrogen) atoms. The van der Waals surface area contributed by atoms with Crippen LogP contribution in [0.25, 0.3) is 0 Å². The van der Waals surface area contributed by atoms with Crippen LogP contribution in [-0.2, 0) is 19.4 Å². The first-order valence-corrected chi connectivity index (χ1v) is 11.0. The second-order valence-electron chi connectivity index (χ2n) is 8.27. The summed E-state index contributed by atoms with van der Waals surface area (Å²) >= 11 is 0. The molecule has 0 radical (unpaired) electrons. The van der Waals surface area contributed by atoms with Crippen molar-refractivity contribution >= 4 is 5.78 Å². The summed E-state index contributed by atoms with van der Waals surface area (Å²) in [5, 5.41) is 4.49. The van der Waals surface area contributed by atoms with Gasteiger partial charge < -0.3 is 4.90 Å². The summed E-state index contributed by atoms with van der Waals surface area (Å²) in [6.07, 6.45) is 12.8. The zero-order valence-electron chi connectivity index (χ0n) is 17.6. The van der Waals surface area contributed by atoms with E-state index in [1.54, 1.807) is 6.92 Å². The van der Waals surface area contributed by atoms with E-state index in [0.717, 1.165) is 30.9 Å². The third-order valence-electron chi connectivity index (χ3n) is 6.05. The third-order valence-corrected chi connectivity index (χ3v) is 6.05. The van der Waals surface area contributed by atoms with Crippen LogP contribution in [0.2, 0.25) is 0 Å². The molecule has 0 saturated carbocycles. The number of hydrogen-bond donors (Lipinski definition) is 0. The highest BCUT2D eigenvalue weighted by Crippen LogP contribution is 2.20. The number of aromatic nitrogens is 2. The number of carbonyl (C=O) groups excluding carboxylic acids is 1. The molecule has 4 nitrogen and oxygen atoms in total. The van der Waals surface area contributed by atoms with Gasteiger partial charge in [-0.25, -0.2) is 0 Å². The molecule has 3 rings (SSSR count). The van der Waals surface area contributed by atoms with Gasteiger partial charge in [-0.2, -0.15) is 5.10 Å². The van der Waals surface area contributed by atoms with E-state index in [9.17, 15) is 4.79 Å². The average molecular weight is 382 g/mol. The number of unbranched alkanes of at least 4 members (excludes halogenated alkanes) is 2. The summed E-state index contributed by atoms with van der Waals surface area (Å²) in [6.45, 7) is 8.59. The Morgan fingerprint density at radius 3 is 2.46 bits per heavy atom. The molecule has 1 aliphatic heterocycles. The second kappa shape index (κ2) is 10.6. The lowest BCUT2D eigenvalue weighted by atomic mass is 9.96. The molecule has 1 aliphatic rings. The van der Waals surface area contributed by atoms with Crippen molar-refractivity contribution in [2.45, 2.75) is 65.3 Å². The summed E-state index contributed by atoms with van der Waals surface area (Å²) in [4.78, 5) is 14.0. The van der Waals surface area contributed by atoms with Crippen molar-refractivity contribution in [1.29, 1.82) is 0 Å². The van der Waals surface area contributed by atoms with Gasteiger partial charge in [0.05, 0.1) is 6.20 Å². The van der Waals surface area contributed by atoms with Crippen LogP contribution in [0.3, 0.4) is 0 Å². The summed E-state index contributed by atoms with van der Waals surface area (Å²) < 4.78 is 2.14. The molecule has 0 unspecified atom stereocenters. The Labute approximate surface area is 169 Å². The van der Waals surface area contributed by atoms with Gasteiger partial charge in [0.15, 0.2) is 5.78 Å². The second-order valence-corrected chi connectivity index (χ2v) is 8.27. The van der Waals surface area contributed by atoms with E-state index >= 15 is 0 Å². The normalized spacial score (nSPS) is 15.8. The summed E-state index contributed by atoms with van der Waals surface area (Å²) in [5.41, 5.74) is 3.49. The van der Waals surface area contributed by atoms with Crippen molar-refractivity contribution in [3.63, 3.8) is 0 Å². The van der Waals surface area contributed by atoms with Crippen LogP contribution in [-0.4, -0.2) is 40.1 Å². The van der Waals surface area contributed by atoms with Crippen LogP contribution >= 0.6 is 0 Å². The van der Waals surface area contributed by atoms with Gasteiger partial charge in [-0.3, -0.25) is 9.48 Å². The highest BCUT2D eigenvalue weighted by atomic mass is 16.1. The molecule has 0 atom stereocenters. The number of hydrogen-bond acceptors (Lipinski definition) is 3. The Hall–Kier alpha value is -1.94. The molecule has 1 saturated heterocycles. The molecule has 2 aromatic rings. The van der Waals surface area contributed by atoms with Crippen LogP contribution in [0, 0.1) is 5.92 Å². The minimum atomic E-state index is 0.144. The zero-order chi connectivity index (χ0) is 19.8. The first-order valence-electron chi connectivity index (χ1n) is 11.0. The molecule has 1 fully saturated rings. The maximum Gasteiger partial charge on any atom is 0.159 e. The van der Waals surface area contributed by atoms with Crippen LogP contribution < -0.4 is 0 Å². The summed E-state index contributed by atoms with van der Waals surface area (Å²) in [7, 11) is 0. The molecule has 2 heterocycles. The van der Waals surface area contributed by atoms with E-state index in [4.69, 9.17) is 0 Å². The van der Waals surface area contributed by atoms with Crippen molar-refractivity contribution in [2.75, 3.05) is 19.6 Å². The lowest BCUT2D eigenvalue weighted by Gasteiger charge is -2.31. The average Bonchev–Trinajstić information content (AvgIpc) is 3.17. The van der Waals surface area contributed by atoms with Crippen LogP contribution in [0.1, 0.15) is 67.4 Å². The molecule has 0 bridgehead atoms. The Morgan fingerprint density at radius 2 is 1.82 bits per heavy atom. The lowest BCUT2D eigenvalue weighted by Crippen LogP contribution is -2.35. The Bertz CT molecular complexity index is 727. The quantitative estimate of drug-likeness (QED) is 0.439. The number of likely N-dealkylation sites (tertiary alicyclic amines) is 1. The molecule has 1 aromatic carbocycles. The number of Topliss-reactive ketones (excluding diaryl/α,β-unsaturated/α-hetero) is 1. The number of ketones is 1. The van der Waals surface area contributed by atoms with E-state index in [2.05, 4.69) is 39.9 Å². The fraction of sp³-hybridized carbons (Fsp3) is 0.583. The van der Waals surface area contributed by atoms with Crippen molar-refractivity contribution < 1.29 is 4.79 Å². The molecular weight excluding hydrogens is 346 g/mol. The highest BCUT2D eigenvalue weighted by Gasteiger charge is 2.19. The Morgan fingerprint density at radius 1 is 1.07 bits per heavy atom. The molecule has 0 amide bonds. The molecule has 0 spiro atoms. The monoisotopic (exact) mass is 381 g/mol. The van der Waals surface area contributed by atoms with Crippen molar-refractivity contribution in [3.05, 3.63) is 53.3 Å². The SMILES string of the molecule is CCc1cnn(CC2CCN(CCCCCc3ccc(C(C)=O)cc3)CC2)c1. The van der Waals surface area contributed by atoms with E-state index < -0.39 is 0 Å². The van der Waals surface area contributed by atoms with Crippen LogP contribution in [0.5, 0.6) is 0 Å². The molecule has 0 aliphatic carbocycles. The van der Waals surface area contributed by atoms with Gasteiger partial charge in [0.25, 0.3) is 0 Å². The van der Waals surface area contributed by atoms with Gasteiger partial charge in [0, 0.05) is 18.3 Å². The Balaban J connectivity index is 1.26. The fourth-order valence-corrected chi connectivity index (χ4v) is 4.09. The van der Waals surface area contributed by atoms with Gasteiger partial charge in [0.1, 0.15) is 0 Å². The van der Waals surface area contributed by atoms with Crippen LogP contribution in [0.4, 0.5) is 0 Å². The maximum absolute atomic E-state index is 11.3. The van der Waals surface area contributed by atoms with Crippen molar-refractivity contribution in [1.82, 2.24) is 14.7 Å².